The maximum absolute atomic E-state index is 10.5. The molecule has 78 valence electrons. The van der Waals surface area contributed by atoms with Crippen LogP contribution in [-0.2, 0) is 0 Å². The second-order valence-electron chi connectivity index (χ2n) is 3.03. The van der Waals surface area contributed by atoms with E-state index in [-0.39, 0.29) is 5.69 Å². The molecule has 0 aliphatic heterocycles. The van der Waals surface area contributed by atoms with E-state index >= 15 is 0 Å². The van der Waals surface area contributed by atoms with Gasteiger partial charge in [0, 0.05) is 29.9 Å². The monoisotopic (exact) mass is 221 g/mol. The molecule has 0 N–H and O–H groups in total. The molecule has 1 aromatic rings. The highest BCUT2D eigenvalue weighted by atomic mass is 32.1. The number of aryl methyl sites for hydroxylation is 1. The summed E-state index contributed by atoms with van der Waals surface area (Å²) in [7, 11) is 0. The Morgan fingerprint density at radius 3 is 2.87 bits per heavy atom. The molecule has 0 aliphatic carbocycles. The average molecular weight is 221 g/mol. The Kier molecular flexibility index (Phi) is 4.19. The standard InChI is InChI=1S/C11H11NO2S/c1-9-5-6-11(12(13)14)8-10(9)4-2-3-7-15/h5-6,8,15H,3,7H2,1H3. The van der Waals surface area contributed by atoms with Crippen molar-refractivity contribution in [1.29, 1.82) is 0 Å². The van der Waals surface area contributed by atoms with Crippen LogP contribution in [0.5, 0.6) is 0 Å². The summed E-state index contributed by atoms with van der Waals surface area (Å²) in [5, 5.41) is 10.5. The molecule has 0 bridgehead atoms. The minimum atomic E-state index is -0.413. The van der Waals surface area contributed by atoms with Crippen LogP contribution in [0.1, 0.15) is 17.5 Å². The Labute approximate surface area is 94.1 Å². The molecular weight excluding hydrogens is 210 g/mol. The van der Waals surface area contributed by atoms with Crippen LogP contribution in [0.4, 0.5) is 5.69 Å². The van der Waals surface area contributed by atoms with Crippen LogP contribution >= 0.6 is 12.6 Å². The van der Waals surface area contributed by atoms with Gasteiger partial charge in [-0.1, -0.05) is 17.9 Å². The molecule has 15 heavy (non-hydrogen) atoms. The molecule has 0 fully saturated rings. The normalized spacial score (nSPS) is 9.20. The lowest BCUT2D eigenvalue weighted by Crippen LogP contribution is -1.90. The Morgan fingerprint density at radius 2 is 2.27 bits per heavy atom. The van der Waals surface area contributed by atoms with E-state index < -0.39 is 4.92 Å². The Bertz CT molecular complexity index is 432. The summed E-state index contributed by atoms with van der Waals surface area (Å²) in [6.45, 7) is 1.88. The van der Waals surface area contributed by atoms with Crippen molar-refractivity contribution in [2.75, 3.05) is 5.75 Å². The number of nitrogens with zero attached hydrogens (tertiary/aromatic N) is 1. The average Bonchev–Trinajstić information content (AvgIpc) is 2.20. The second kappa shape index (κ2) is 5.42. The smallest absolute Gasteiger partial charge is 0.258 e. The number of hydrogen-bond acceptors (Lipinski definition) is 3. The lowest BCUT2D eigenvalue weighted by molar-refractivity contribution is -0.384. The summed E-state index contributed by atoms with van der Waals surface area (Å²) in [5.41, 5.74) is 1.74. The summed E-state index contributed by atoms with van der Waals surface area (Å²) in [6, 6.07) is 4.70. The van der Waals surface area contributed by atoms with Crippen LogP contribution in [0.3, 0.4) is 0 Å². The molecule has 0 radical (unpaired) electrons. The first kappa shape index (κ1) is 11.6. The predicted octanol–water partition coefficient (Wildman–Crippen LogP) is 2.57. The number of non-ortho nitro benzene ring substituents is 1. The third-order valence-corrected chi connectivity index (χ3v) is 2.12. The van der Waals surface area contributed by atoms with Crippen molar-refractivity contribution in [3.8, 4) is 11.8 Å². The van der Waals surface area contributed by atoms with E-state index in [1.54, 1.807) is 6.07 Å². The summed E-state index contributed by atoms with van der Waals surface area (Å²) in [6.07, 6.45) is 0.686. The van der Waals surface area contributed by atoms with Crippen LogP contribution in [0, 0.1) is 28.9 Å². The van der Waals surface area contributed by atoms with E-state index in [1.165, 1.54) is 12.1 Å². The number of rotatable bonds is 2. The summed E-state index contributed by atoms with van der Waals surface area (Å²) in [4.78, 5) is 10.1. The van der Waals surface area contributed by atoms with Crippen molar-refractivity contribution < 1.29 is 4.92 Å². The van der Waals surface area contributed by atoms with Crippen molar-refractivity contribution in [2.45, 2.75) is 13.3 Å². The quantitative estimate of drug-likeness (QED) is 0.361. The van der Waals surface area contributed by atoms with Gasteiger partial charge in [-0.3, -0.25) is 10.1 Å². The largest absolute Gasteiger partial charge is 0.270 e. The molecule has 0 saturated carbocycles. The van der Waals surface area contributed by atoms with Crippen molar-refractivity contribution in [1.82, 2.24) is 0 Å². The zero-order valence-electron chi connectivity index (χ0n) is 8.36. The Morgan fingerprint density at radius 1 is 1.53 bits per heavy atom. The molecule has 1 rings (SSSR count). The van der Waals surface area contributed by atoms with Gasteiger partial charge in [-0.15, -0.1) is 0 Å². The van der Waals surface area contributed by atoms with Crippen LogP contribution in [0.2, 0.25) is 0 Å². The zero-order chi connectivity index (χ0) is 11.3. The van der Waals surface area contributed by atoms with Crippen molar-refractivity contribution in [2.24, 2.45) is 0 Å². The molecule has 0 unspecified atom stereocenters. The van der Waals surface area contributed by atoms with Crippen molar-refractivity contribution >= 4 is 18.3 Å². The van der Waals surface area contributed by atoms with Crippen molar-refractivity contribution in [3.63, 3.8) is 0 Å². The van der Waals surface area contributed by atoms with Gasteiger partial charge in [-0.05, 0) is 12.5 Å². The summed E-state index contributed by atoms with van der Waals surface area (Å²) >= 11 is 4.04. The topological polar surface area (TPSA) is 43.1 Å². The molecule has 0 saturated heterocycles. The van der Waals surface area contributed by atoms with Crippen LogP contribution in [0.15, 0.2) is 18.2 Å². The molecule has 4 heteroatoms. The van der Waals surface area contributed by atoms with Crippen LogP contribution in [-0.4, -0.2) is 10.7 Å². The first-order valence-electron chi connectivity index (χ1n) is 4.50. The molecule has 0 aromatic heterocycles. The maximum Gasteiger partial charge on any atom is 0.270 e. The number of thiol groups is 1. The fourth-order valence-electron chi connectivity index (χ4n) is 1.07. The molecule has 0 spiro atoms. The van der Waals surface area contributed by atoms with E-state index in [1.807, 2.05) is 6.92 Å². The third-order valence-electron chi connectivity index (χ3n) is 1.89. The van der Waals surface area contributed by atoms with Crippen molar-refractivity contribution in [3.05, 3.63) is 39.4 Å². The Balaban J connectivity index is 3.02. The minimum absolute atomic E-state index is 0.0794. The first-order valence-corrected chi connectivity index (χ1v) is 5.13. The maximum atomic E-state index is 10.5. The fraction of sp³-hybridized carbons (Fsp3) is 0.273. The lowest BCUT2D eigenvalue weighted by atomic mass is 10.1. The third kappa shape index (κ3) is 3.30. The van der Waals surface area contributed by atoms with Gasteiger partial charge < -0.3 is 0 Å². The molecule has 0 heterocycles. The highest BCUT2D eigenvalue weighted by Gasteiger charge is 2.06. The number of nitro groups is 1. The van der Waals surface area contributed by atoms with Gasteiger partial charge in [0.2, 0.25) is 0 Å². The summed E-state index contributed by atoms with van der Waals surface area (Å²) < 4.78 is 0. The summed E-state index contributed by atoms with van der Waals surface area (Å²) in [5.74, 6) is 6.51. The second-order valence-corrected chi connectivity index (χ2v) is 3.48. The van der Waals surface area contributed by atoms with E-state index in [0.717, 1.165) is 5.56 Å². The van der Waals surface area contributed by atoms with Gasteiger partial charge in [-0.25, -0.2) is 0 Å². The highest BCUT2D eigenvalue weighted by Crippen LogP contribution is 2.16. The van der Waals surface area contributed by atoms with Gasteiger partial charge in [0.15, 0.2) is 0 Å². The number of hydrogen-bond donors (Lipinski definition) is 1. The van der Waals surface area contributed by atoms with E-state index in [4.69, 9.17) is 0 Å². The van der Waals surface area contributed by atoms with Gasteiger partial charge in [0.1, 0.15) is 0 Å². The lowest BCUT2D eigenvalue weighted by Gasteiger charge is -1.97. The highest BCUT2D eigenvalue weighted by molar-refractivity contribution is 7.80. The zero-order valence-corrected chi connectivity index (χ0v) is 9.25. The van der Waals surface area contributed by atoms with Crippen LogP contribution in [0.25, 0.3) is 0 Å². The van der Waals surface area contributed by atoms with E-state index in [0.29, 0.717) is 17.7 Å². The number of nitro benzene ring substituents is 1. The van der Waals surface area contributed by atoms with Gasteiger partial charge >= 0.3 is 0 Å². The minimum Gasteiger partial charge on any atom is -0.258 e. The van der Waals surface area contributed by atoms with E-state index in [2.05, 4.69) is 24.5 Å². The molecular formula is C11H11NO2S. The fourth-order valence-corrected chi connectivity index (χ4v) is 1.18. The Hall–Kier alpha value is -1.47. The molecule has 0 atom stereocenters. The molecule has 3 nitrogen and oxygen atoms in total. The van der Waals surface area contributed by atoms with Gasteiger partial charge in [0.05, 0.1) is 4.92 Å². The SMILES string of the molecule is Cc1ccc([N+](=O)[O-])cc1C#CCCS. The molecule has 0 amide bonds. The predicted molar refractivity (Wildman–Crippen MR) is 63.2 cm³/mol. The van der Waals surface area contributed by atoms with Gasteiger partial charge in [0.25, 0.3) is 5.69 Å². The number of benzene rings is 1. The van der Waals surface area contributed by atoms with E-state index in [9.17, 15) is 10.1 Å². The van der Waals surface area contributed by atoms with Gasteiger partial charge in [-0.2, -0.15) is 12.6 Å². The van der Waals surface area contributed by atoms with Crippen LogP contribution < -0.4 is 0 Å². The molecule has 1 aromatic carbocycles. The first-order chi connectivity index (χ1) is 7.15. The molecule has 0 aliphatic rings.